The largest absolute Gasteiger partial charge is 0.469 e. The number of hydrogen-bond acceptors (Lipinski definition) is 6. The Morgan fingerprint density at radius 1 is 1.14 bits per heavy atom. The van der Waals surface area contributed by atoms with Crippen LogP contribution in [0, 0.1) is 12.8 Å². The highest BCUT2D eigenvalue weighted by atomic mass is 16.5. The molecule has 2 aliphatic heterocycles. The van der Waals surface area contributed by atoms with Crippen molar-refractivity contribution in [2.24, 2.45) is 5.92 Å². The van der Waals surface area contributed by atoms with Gasteiger partial charge in [-0.2, -0.15) is 0 Å². The summed E-state index contributed by atoms with van der Waals surface area (Å²) in [6.45, 7) is 2.06. The van der Waals surface area contributed by atoms with Gasteiger partial charge in [-0.25, -0.2) is 9.97 Å². The molecule has 2 aromatic rings. The zero-order chi connectivity index (χ0) is 20.5. The molecular formula is C21H22N4O4. The Balaban J connectivity index is 1.61. The van der Waals surface area contributed by atoms with E-state index in [1.165, 1.54) is 24.4 Å². The highest BCUT2D eigenvalue weighted by molar-refractivity contribution is 5.97. The Morgan fingerprint density at radius 2 is 1.83 bits per heavy atom. The lowest BCUT2D eigenvalue weighted by atomic mass is 9.93. The average Bonchev–Trinajstić information content (AvgIpc) is 3.14. The zero-order valence-electron chi connectivity index (χ0n) is 16.3. The molecule has 1 aromatic carbocycles. The zero-order valence-corrected chi connectivity index (χ0v) is 16.3. The molecule has 8 heteroatoms. The number of piperazine rings is 1. The number of aromatic nitrogens is 2. The third-order valence-electron chi connectivity index (χ3n) is 5.61. The Labute approximate surface area is 168 Å². The summed E-state index contributed by atoms with van der Waals surface area (Å²) in [5, 5.41) is 0. The normalized spacial score (nSPS) is 23.7. The molecule has 29 heavy (non-hydrogen) atoms. The van der Waals surface area contributed by atoms with Gasteiger partial charge in [0.1, 0.15) is 12.4 Å². The predicted molar refractivity (Wildman–Crippen MR) is 103 cm³/mol. The van der Waals surface area contributed by atoms with Crippen molar-refractivity contribution in [1.82, 2.24) is 19.8 Å². The molecule has 150 valence electrons. The van der Waals surface area contributed by atoms with E-state index in [9.17, 15) is 14.4 Å². The van der Waals surface area contributed by atoms with E-state index in [4.69, 9.17) is 4.74 Å². The maximum atomic E-state index is 13.1. The number of ether oxygens (including phenoxy) is 1. The molecule has 2 aliphatic rings. The molecule has 0 aliphatic carbocycles. The third-order valence-corrected chi connectivity index (χ3v) is 5.61. The van der Waals surface area contributed by atoms with Gasteiger partial charge < -0.3 is 14.5 Å². The van der Waals surface area contributed by atoms with Crippen LogP contribution in [-0.2, 0) is 14.3 Å². The second-order valence-electron chi connectivity index (χ2n) is 7.38. The highest BCUT2D eigenvalue weighted by Gasteiger charge is 2.51. The maximum Gasteiger partial charge on any atom is 0.311 e. The predicted octanol–water partition coefficient (Wildman–Crippen LogP) is 1.37. The minimum absolute atomic E-state index is 0.0412. The van der Waals surface area contributed by atoms with Crippen LogP contribution < -0.4 is 0 Å². The number of fused-ring (bicyclic) bond motifs is 1. The molecule has 8 nitrogen and oxygen atoms in total. The standard InChI is InChI=1S/C21H22N4O4/c1-13-22-9-15(10-23-13)20(27)24-11-16-8-17(21(28)29-2)19(25(16)18(26)12-24)14-6-4-3-5-7-14/h3-7,9-10,16-17,19H,8,11-12H2,1-2H3/t16-,17-,19-/m0/s1. The van der Waals surface area contributed by atoms with E-state index in [1.807, 2.05) is 30.3 Å². The molecule has 2 amide bonds. The monoisotopic (exact) mass is 394 g/mol. The molecule has 0 saturated carbocycles. The highest BCUT2D eigenvalue weighted by Crippen LogP contribution is 2.43. The van der Waals surface area contributed by atoms with Crippen LogP contribution >= 0.6 is 0 Å². The van der Waals surface area contributed by atoms with E-state index in [2.05, 4.69) is 9.97 Å². The number of esters is 1. The van der Waals surface area contributed by atoms with Gasteiger partial charge in [0.15, 0.2) is 0 Å². The number of carbonyl (C=O) groups is 3. The first-order valence-corrected chi connectivity index (χ1v) is 9.51. The number of nitrogens with zero attached hydrogens (tertiary/aromatic N) is 4. The van der Waals surface area contributed by atoms with Crippen LogP contribution in [0.15, 0.2) is 42.7 Å². The molecular weight excluding hydrogens is 372 g/mol. The first-order chi connectivity index (χ1) is 14.0. The first-order valence-electron chi connectivity index (χ1n) is 9.51. The number of amides is 2. The summed E-state index contributed by atoms with van der Waals surface area (Å²) in [5.41, 5.74) is 1.24. The van der Waals surface area contributed by atoms with E-state index in [0.29, 0.717) is 24.4 Å². The summed E-state index contributed by atoms with van der Waals surface area (Å²) in [4.78, 5) is 49.8. The summed E-state index contributed by atoms with van der Waals surface area (Å²) >= 11 is 0. The SMILES string of the molecule is COC(=O)[C@H]1C[C@H]2CN(C(=O)c3cnc(C)nc3)CC(=O)N2[C@H]1c1ccccc1. The van der Waals surface area contributed by atoms with Gasteiger partial charge in [-0.1, -0.05) is 30.3 Å². The topological polar surface area (TPSA) is 92.7 Å². The quantitative estimate of drug-likeness (QED) is 0.730. The Hall–Kier alpha value is -3.29. The Kier molecular flexibility index (Phi) is 5.00. The van der Waals surface area contributed by atoms with Gasteiger partial charge in [0, 0.05) is 18.9 Å². The van der Waals surface area contributed by atoms with Gasteiger partial charge in [0.25, 0.3) is 5.91 Å². The van der Waals surface area contributed by atoms with E-state index < -0.39 is 5.92 Å². The minimum Gasteiger partial charge on any atom is -0.469 e. The number of hydrogen-bond donors (Lipinski definition) is 0. The molecule has 3 heterocycles. The first kappa shape index (κ1) is 19.0. The van der Waals surface area contributed by atoms with Crippen molar-refractivity contribution >= 4 is 17.8 Å². The maximum absolute atomic E-state index is 13.1. The fourth-order valence-electron chi connectivity index (χ4n) is 4.30. The van der Waals surface area contributed by atoms with Crippen LogP contribution in [0.3, 0.4) is 0 Å². The molecule has 0 radical (unpaired) electrons. The van der Waals surface area contributed by atoms with Crippen LogP contribution in [0.1, 0.15) is 34.2 Å². The van der Waals surface area contributed by atoms with E-state index in [-0.39, 0.29) is 36.4 Å². The van der Waals surface area contributed by atoms with Crippen molar-refractivity contribution in [3.63, 3.8) is 0 Å². The molecule has 2 saturated heterocycles. The van der Waals surface area contributed by atoms with Crippen molar-refractivity contribution in [2.75, 3.05) is 20.2 Å². The summed E-state index contributed by atoms with van der Waals surface area (Å²) < 4.78 is 5.01. The molecule has 0 N–H and O–H groups in total. The summed E-state index contributed by atoms with van der Waals surface area (Å²) in [5.74, 6) is -0.691. The molecule has 3 atom stereocenters. The number of rotatable bonds is 3. The van der Waals surface area contributed by atoms with Crippen molar-refractivity contribution in [3.05, 3.63) is 59.7 Å². The van der Waals surface area contributed by atoms with Crippen molar-refractivity contribution in [1.29, 1.82) is 0 Å². The van der Waals surface area contributed by atoms with Gasteiger partial charge in [-0.05, 0) is 18.9 Å². The minimum atomic E-state index is -0.464. The molecule has 4 rings (SSSR count). The van der Waals surface area contributed by atoms with Crippen LogP contribution in [0.25, 0.3) is 0 Å². The fourth-order valence-corrected chi connectivity index (χ4v) is 4.30. The number of methoxy groups -OCH3 is 1. The Morgan fingerprint density at radius 3 is 2.48 bits per heavy atom. The average molecular weight is 394 g/mol. The summed E-state index contributed by atoms with van der Waals surface area (Å²) in [6, 6.07) is 8.86. The van der Waals surface area contributed by atoms with Crippen molar-refractivity contribution in [2.45, 2.75) is 25.4 Å². The lowest BCUT2D eigenvalue weighted by Crippen LogP contribution is -2.55. The summed E-state index contributed by atoms with van der Waals surface area (Å²) in [6.07, 6.45) is 3.40. The molecule has 0 bridgehead atoms. The van der Waals surface area contributed by atoms with Gasteiger partial charge >= 0.3 is 5.97 Å². The molecule has 1 aromatic heterocycles. The van der Waals surface area contributed by atoms with E-state index in [0.717, 1.165) is 5.56 Å². The molecule has 2 fully saturated rings. The molecule has 0 unspecified atom stereocenters. The lowest BCUT2D eigenvalue weighted by Gasteiger charge is -2.40. The number of aryl methyl sites for hydroxylation is 1. The van der Waals surface area contributed by atoms with Crippen molar-refractivity contribution in [3.8, 4) is 0 Å². The van der Waals surface area contributed by atoms with Crippen molar-refractivity contribution < 1.29 is 19.1 Å². The van der Waals surface area contributed by atoms with Gasteiger partial charge in [0.2, 0.25) is 5.91 Å². The number of carbonyl (C=O) groups excluding carboxylic acids is 3. The third kappa shape index (κ3) is 3.46. The van der Waals surface area contributed by atoms with Crippen LogP contribution in [0.4, 0.5) is 0 Å². The Bertz CT molecular complexity index is 931. The second kappa shape index (κ2) is 7.62. The van der Waals surface area contributed by atoms with Crippen LogP contribution in [0.5, 0.6) is 0 Å². The lowest BCUT2D eigenvalue weighted by molar-refractivity contribution is -0.147. The summed E-state index contributed by atoms with van der Waals surface area (Å²) in [7, 11) is 1.36. The second-order valence-corrected chi connectivity index (χ2v) is 7.38. The smallest absolute Gasteiger partial charge is 0.311 e. The fraction of sp³-hybridized carbons (Fsp3) is 0.381. The van der Waals surface area contributed by atoms with Gasteiger partial charge in [-0.15, -0.1) is 0 Å². The van der Waals surface area contributed by atoms with Crippen LogP contribution in [0.2, 0.25) is 0 Å². The molecule has 0 spiro atoms. The van der Waals surface area contributed by atoms with E-state index >= 15 is 0 Å². The van der Waals surface area contributed by atoms with Gasteiger partial charge in [-0.3, -0.25) is 14.4 Å². The number of benzene rings is 1. The van der Waals surface area contributed by atoms with E-state index in [1.54, 1.807) is 11.8 Å². The van der Waals surface area contributed by atoms with Crippen LogP contribution in [-0.4, -0.2) is 63.8 Å². The van der Waals surface area contributed by atoms with Gasteiger partial charge in [0.05, 0.1) is 30.7 Å².